The standard InChI is InChI=1S/C17H19BrN2O/c1-12-8-9-14(16(10-12)19-2)17(21)20(3)11-13-6-4-5-7-15(13)18/h4-10,19H,11H2,1-3H3. The first-order valence-electron chi connectivity index (χ1n) is 6.80. The third-order valence-corrected chi connectivity index (χ3v) is 4.16. The molecule has 2 aromatic carbocycles. The predicted molar refractivity (Wildman–Crippen MR) is 90.7 cm³/mol. The van der Waals surface area contributed by atoms with Gasteiger partial charge in [-0.3, -0.25) is 4.79 Å². The van der Waals surface area contributed by atoms with E-state index in [0.717, 1.165) is 21.3 Å². The van der Waals surface area contributed by atoms with Gasteiger partial charge in [0.25, 0.3) is 5.91 Å². The molecule has 0 saturated heterocycles. The Morgan fingerprint density at radius 1 is 1.24 bits per heavy atom. The number of rotatable bonds is 4. The average molecular weight is 347 g/mol. The number of amides is 1. The number of carbonyl (C=O) groups is 1. The van der Waals surface area contributed by atoms with E-state index >= 15 is 0 Å². The van der Waals surface area contributed by atoms with Crippen molar-refractivity contribution in [2.24, 2.45) is 0 Å². The van der Waals surface area contributed by atoms with Gasteiger partial charge in [0.15, 0.2) is 0 Å². The highest BCUT2D eigenvalue weighted by Gasteiger charge is 2.16. The van der Waals surface area contributed by atoms with E-state index in [1.807, 2.05) is 63.5 Å². The highest BCUT2D eigenvalue weighted by molar-refractivity contribution is 9.10. The van der Waals surface area contributed by atoms with Crippen LogP contribution in [-0.4, -0.2) is 24.9 Å². The molecule has 3 nitrogen and oxygen atoms in total. The fraction of sp³-hybridized carbons (Fsp3) is 0.235. The predicted octanol–water partition coefficient (Wildman–Crippen LogP) is 4.07. The molecule has 0 unspecified atom stereocenters. The molecule has 0 bridgehead atoms. The van der Waals surface area contributed by atoms with Crippen LogP contribution in [0.2, 0.25) is 0 Å². The Bertz CT molecular complexity index is 655. The van der Waals surface area contributed by atoms with Gasteiger partial charge in [-0.25, -0.2) is 0 Å². The maximum absolute atomic E-state index is 12.6. The molecule has 0 atom stereocenters. The molecule has 0 aliphatic heterocycles. The zero-order chi connectivity index (χ0) is 15.4. The summed E-state index contributed by atoms with van der Waals surface area (Å²) >= 11 is 3.52. The van der Waals surface area contributed by atoms with Crippen LogP contribution >= 0.6 is 15.9 Å². The zero-order valence-corrected chi connectivity index (χ0v) is 14.1. The van der Waals surface area contributed by atoms with Gasteiger partial charge < -0.3 is 10.2 Å². The van der Waals surface area contributed by atoms with Crippen molar-refractivity contribution in [1.82, 2.24) is 4.90 Å². The Morgan fingerprint density at radius 3 is 2.62 bits per heavy atom. The van der Waals surface area contributed by atoms with Crippen LogP contribution in [0.3, 0.4) is 0 Å². The summed E-state index contributed by atoms with van der Waals surface area (Å²) in [6.45, 7) is 2.58. The fourth-order valence-electron chi connectivity index (χ4n) is 2.21. The van der Waals surface area contributed by atoms with Gasteiger partial charge in [-0.1, -0.05) is 40.2 Å². The van der Waals surface area contributed by atoms with E-state index in [2.05, 4.69) is 21.2 Å². The summed E-state index contributed by atoms with van der Waals surface area (Å²) in [5.74, 6) is 0.00935. The number of benzene rings is 2. The Balaban J connectivity index is 2.22. The molecule has 0 aromatic heterocycles. The van der Waals surface area contributed by atoms with Crippen molar-refractivity contribution in [3.8, 4) is 0 Å². The summed E-state index contributed by atoms with van der Waals surface area (Å²) in [6.07, 6.45) is 0. The van der Waals surface area contributed by atoms with E-state index < -0.39 is 0 Å². The van der Waals surface area contributed by atoms with E-state index in [-0.39, 0.29) is 5.91 Å². The Kier molecular flexibility index (Phi) is 5.02. The highest BCUT2D eigenvalue weighted by Crippen LogP contribution is 2.21. The van der Waals surface area contributed by atoms with Crippen LogP contribution in [0.15, 0.2) is 46.9 Å². The van der Waals surface area contributed by atoms with Gasteiger partial charge in [0.05, 0.1) is 5.56 Å². The number of anilines is 1. The topological polar surface area (TPSA) is 32.3 Å². The Labute approximate surface area is 134 Å². The van der Waals surface area contributed by atoms with E-state index in [9.17, 15) is 4.79 Å². The second-order valence-corrected chi connectivity index (χ2v) is 5.91. The van der Waals surface area contributed by atoms with Crippen molar-refractivity contribution in [2.75, 3.05) is 19.4 Å². The molecule has 0 aliphatic carbocycles. The quantitative estimate of drug-likeness (QED) is 0.904. The molecule has 1 amide bonds. The second kappa shape index (κ2) is 6.76. The molecule has 4 heteroatoms. The summed E-state index contributed by atoms with van der Waals surface area (Å²) in [6, 6.07) is 13.8. The lowest BCUT2D eigenvalue weighted by Crippen LogP contribution is -2.27. The number of hydrogen-bond acceptors (Lipinski definition) is 2. The number of nitrogens with zero attached hydrogens (tertiary/aromatic N) is 1. The van der Waals surface area contributed by atoms with Gasteiger partial charge in [-0.2, -0.15) is 0 Å². The Hall–Kier alpha value is -1.81. The van der Waals surface area contributed by atoms with Gasteiger partial charge >= 0.3 is 0 Å². The van der Waals surface area contributed by atoms with E-state index in [1.54, 1.807) is 4.90 Å². The average Bonchev–Trinajstić information content (AvgIpc) is 2.48. The van der Waals surface area contributed by atoms with Crippen LogP contribution in [0.1, 0.15) is 21.5 Å². The number of carbonyl (C=O) groups excluding carboxylic acids is 1. The first-order valence-corrected chi connectivity index (χ1v) is 7.59. The van der Waals surface area contributed by atoms with Crippen molar-refractivity contribution < 1.29 is 4.79 Å². The molecule has 0 heterocycles. The molecule has 0 radical (unpaired) electrons. The van der Waals surface area contributed by atoms with Crippen molar-refractivity contribution in [3.05, 3.63) is 63.6 Å². The monoisotopic (exact) mass is 346 g/mol. The number of aryl methyl sites for hydroxylation is 1. The number of nitrogens with one attached hydrogen (secondary N) is 1. The second-order valence-electron chi connectivity index (χ2n) is 5.05. The molecule has 2 aromatic rings. The fourth-order valence-corrected chi connectivity index (χ4v) is 2.62. The summed E-state index contributed by atoms with van der Waals surface area (Å²) in [7, 11) is 3.65. The first-order chi connectivity index (χ1) is 10.0. The first kappa shape index (κ1) is 15.6. The van der Waals surface area contributed by atoms with E-state index in [0.29, 0.717) is 12.1 Å². The largest absolute Gasteiger partial charge is 0.387 e. The minimum Gasteiger partial charge on any atom is -0.387 e. The van der Waals surface area contributed by atoms with Crippen molar-refractivity contribution in [1.29, 1.82) is 0 Å². The third kappa shape index (κ3) is 3.64. The van der Waals surface area contributed by atoms with Gasteiger partial charge in [-0.05, 0) is 36.2 Å². The summed E-state index contributed by atoms with van der Waals surface area (Å²) in [4.78, 5) is 14.3. The van der Waals surface area contributed by atoms with Crippen molar-refractivity contribution in [3.63, 3.8) is 0 Å². The van der Waals surface area contributed by atoms with Crippen molar-refractivity contribution >= 4 is 27.5 Å². The molecular formula is C17H19BrN2O. The number of halogens is 1. The van der Waals surface area contributed by atoms with E-state index in [1.165, 1.54) is 0 Å². The van der Waals surface area contributed by atoms with Gasteiger partial charge in [0.2, 0.25) is 0 Å². The molecule has 0 fully saturated rings. The van der Waals surface area contributed by atoms with Gasteiger partial charge in [0.1, 0.15) is 0 Å². The third-order valence-electron chi connectivity index (χ3n) is 3.39. The van der Waals surface area contributed by atoms with Gasteiger partial charge in [0, 0.05) is 30.8 Å². The summed E-state index contributed by atoms with van der Waals surface area (Å²) in [5.41, 5.74) is 3.77. The van der Waals surface area contributed by atoms with Crippen LogP contribution in [0.25, 0.3) is 0 Å². The lowest BCUT2D eigenvalue weighted by Gasteiger charge is -2.20. The molecule has 21 heavy (non-hydrogen) atoms. The minimum atomic E-state index is 0.00935. The van der Waals surface area contributed by atoms with Crippen LogP contribution in [0.5, 0.6) is 0 Å². The van der Waals surface area contributed by atoms with Crippen LogP contribution in [0.4, 0.5) is 5.69 Å². The SMILES string of the molecule is CNc1cc(C)ccc1C(=O)N(C)Cc1ccccc1Br. The maximum atomic E-state index is 12.6. The normalized spacial score (nSPS) is 10.3. The molecule has 0 aliphatic rings. The van der Waals surface area contributed by atoms with Crippen molar-refractivity contribution in [2.45, 2.75) is 13.5 Å². The highest BCUT2D eigenvalue weighted by atomic mass is 79.9. The van der Waals surface area contributed by atoms with Gasteiger partial charge in [-0.15, -0.1) is 0 Å². The van der Waals surface area contributed by atoms with E-state index in [4.69, 9.17) is 0 Å². The lowest BCUT2D eigenvalue weighted by atomic mass is 10.1. The molecule has 0 saturated carbocycles. The molecule has 110 valence electrons. The zero-order valence-electron chi connectivity index (χ0n) is 12.5. The summed E-state index contributed by atoms with van der Waals surface area (Å²) < 4.78 is 1.02. The maximum Gasteiger partial charge on any atom is 0.255 e. The van der Waals surface area contributed by atoms with Crippen LogP contribution in [0, 0.1) is 6.92 Å². The van der Waals surface area contributed by atoms with Crippen LogP contribution < -0.4 is 5.32 Å². The minimum absolute atomic E-state index is 0.00935. The molecular weight excluding hydrogens is 328 g/mol. The molecule has 2 rings (SSSR count). The molecule has 1 N–H and O–H groups in total. The smallest absolute Gasteiger partial charge is 0.255 e. The lowest BCUT2D eigenvalue weighted by molar-refractivity contribution is 0.0786. The number of hydrogen-bond donors (Lipinski definition) is 1. The Morgan fingerprint density at radius 2 is 1.95 bits per heavy atom. The molecule has 0 spiro atoms. The summed E-state index contributed by atoms with van der Waals surface area (Å²) in [5, 5.41) is 3.09. The van der Waals surface area contributed by atoms with Crippen LogP contribution in [-0.2, 0) is 6.54 Å².